The molecule has 6 nitrogen and oxygen atoms in total. The smallest absolute Gasteiger partial charge is 0.320 e. The van der Waals surface area contributed by atoms with Gasteiger partial charge >= 0.3 is 6.03 Å². The summed E-state index contributed by atoms with van der Waals surface area (Å²) in [4.78, 5) is 20.9. The molecule has 4 rings (SSSR count). The molecule has 0 N–H and O–H groups in total. The maximum Gasteiger partial charge on any atom is 0.320 e. The summed E-state index contributed by atoms with van der Waals surface area (Å²) in [7, 11) is 0. The van der Waals surface area contributed by atoms with E-state index in [1.54, 1.807) is 12.4 Å². The van der Waals surface area contributed by atoms with Crippen LogP contribution in [0, 0.1) is 5.41 Å². The van der Waals surface area contributed by atoms with Gasteiger partial charge in [-0.2, -0.15) is 0 Å². The van der Waals surface area contributed by atoms with E-state index >= 15 is 0 Å². The predicted octanol–water partition coefficient (Wildman–Crippen LogP) is 2.16. The van der Waals surface area contributed by atoms with Gasteiger partial charge in [0.05, 0.1) is 24.3 Å². The molecule has 130 valence electrons. The van der Waals surface area contributed by atoms with Gasteiger partial charge < -0.3 is 19.3 Å². The predicted molar refractivity (Wildman–Crippen MR) is 88.9 cm³/mol. The Balaban J connectivity index is 1.45. The van der Waals surface area contributed by atoms with Crippen LogP contribution in [0.4, 0.5) is 4.79 Å². The van der Waals surface area contributed by atoms with Gasteiger partial charge in [-0.25, -0.2) is 4.79 Å². The van der Waals surface area contributed by atoms with Crippen LogP contribution in [0.25, 0.3) is 0 Å². The molecule has 0 saturated carbocycles. The zero-order valence-corrected chi connectivity index (χ0v) is 14.0. The lowest BCUT2D eigenvalue weighted by molar-refractivity contribution is -0.0309. The Morgan fingerprint density at radius 2 is 2.21 bits per heavy atom. The Kier molecular flexibility index (Phi) is 4.31. The fraction of sp³-hybridized carbons (Fsp3) is 0.667. The highest BCUT2D eigenvalue weighted by molar-refractivity contribution is 5.75. The number of carbonyl (C=O) groups excluding carboxylic acids is 1. The molecule has 3 saturated heterocycles. The van der Waals surface area contributed by atoms with Gasteiger partial charge in [0.25, 0.3) is 0 Å². The fourth-order valence-electron chi connectivity index (χ4n) is 4.19. The molecule has 0 unspecified atom stereocenters. The molecule has 4 heterocycles. The second kappa shape index (κ2) is 6.59. The van der Waals surface area contributed by atoms with Crippen LogP contribution in [-0.2, 0) is 4.74 Å². The summed E-state index contributed by atoms with van der Waals surface area (Å²) in [5, 5.41) is 0. The van der Waals surface area contributed by atoms with E-state index in [-0.39, 0.29) is 17.6 Å². The van der Waals surface area contributed by atoms with Gasteiger partial charge in [0.2, 0.25) is 0 Å². The van der Waals surface area contributed by atoms with Crippen molar-refractivity contribution in [3.8, 4) is 5.75 Å². The molecular formula is C18H25N3O3. The van der Waals surface area contributed by atoms with Gasteiger partial charge in [-0.3, -0.25) is 4.98 Å². The Hall–Kier alpha value is -1.82. The standard InChI is InChI=1S/C18H25N3O3/c22-17(20-8-1-2-9-20)21-10-5-16-18(13-21,6-11-23-16)14-24-15-4-3-7-19-12-15/h3-4,7,12,16H,1-2,5-6,8-11,13-14H2/t16-,18+/m1/s1. The first-order valence-corrected chi connectivity index (χ1v) is 8.95. The highest BCUT2D eigenvalue weighted by atomic mass is 16.5. The first-order chi connectivity index (χ1) is 11.8. The summed E-state index contributed by atoms with van der Waals surface area (Å²) >= 11 is 0. The number of aromatic nitrogens is 1. The quantitative estimate of drug-likeness (QED) is 0.852. The molecule has 1 aromatic heterocycles. The summed E-state index contributed by atoms with van der Waals surface area (Å²) in [6, 6.07) is 3.99. The molecule has 3 aliphatic rings. The average molecular weight is 331 g/mol. The minimum atomic E-state index is -0.0938. The van der Waals surface area contributed by atoms with Gasteiger partial charge in [-0.15, -0.1) is 0 Å². The van der Waals surface area contributed by atoms with Crippen LogP contribution in [0.3, 0.4) is 0 Å². The molecular weight excluding hydrogens is 306 g/mol. The number of pyridine rings is 1. The average Bonchev–Trinajstić information content (AvgIpc) is 3.29. The monoisotopic (exact) mass is 331 g/mol. The lowest BCUT2D eigenvalue weighted by Crippen LogP contribution is -2.56. The van der Waals surface area contributed by atoms with Crippen molar-refractivity contribution in [2.75, 3.05) is 39.4 Å². The van der Waals surface area contributed by atoms with E-state index in [9.17, 15) is 4.79 Å². The number of fused-ring (bicyclic) bond motifs is 1. The number of likely N-dealkylation sites (tertiary alicyclic amines) is 2. The fourth-order valence-corrected chi connectivity index (χ4v) is 4.19. The Morgan fingerprint density at radius 1 is 1.33 bits per heavy atom. The number of hydrogen-bond acceptors (Lipinski definition) is 4. The summed E-state index contributed by atoms with van der Waals surface area (Å²) in [5.74, 6) is 0.778. The van der Waals surface area contributed by atoms with Crippen LogP contribution in [0.5, 0.6) is 5.75 Å². The summed E-state index contributed by atoms with van der Waals surface area (Å²) in [6.07, 6.45) is 7.76. The first-order valence-electron chi connectivity index (χ1n) is 8.95. The minimum absolute atomic E-state index is 0.0938. The second-order valence-electron chi connectivity index (χ2n) is 7.14. The third-order valence-corrected chi connectivity index (χ3v) is 5.58. The van der Waals surface area contributed by atoms with Crippen LogP contribution >= 0.6 is 0 Å². The van der Waals surface area contributed by atoms with Crippen molar-refractivity contribution in [2.45, 2.75) is 31.8 Å². The van der Waals surface area contributed by atoms with Gasteiger partial charge in [0.1, 0.15) is 5.75 Å². The maximum absolute atomic E-state index is 12.8. The SMILES string of the molecule is O=C(N1CCCC1)N1CC[C@H]2OCC[C@@]2(COc2cccnc2)C1. The van der Waals surface area contributed by atoms with Gasteiger partial charge in [0.15, 0.2) is 0 Å². The van der Waals surface area contributed by atoms with Crippen LogP contribution in [0.1, 0.15) is 25.7 Å². The highest BCUT2D eigenvalue weighted by Gasteiger charge is 2.50. The van der Waals surface area contributed by atoms with Crippen molar-refractivity contribution < 1.29 is 14.3 Å². The molecule has 0 aromatic carbocycles. The summed E-state index contributed by atoms with van der Waals surface area (Å²) in [6.45, 7) is 4.64. The van der Waals surface area contributed by atoms with Crippen molar-refractivity contribution >= 4 is 6.03 Å². The van der Waals surface area contributed by atoms with Crippen LogP contribution < -0.4 is 4.74 Å². The number of rotatable bonds is 3. The molecule has 3 fully saturated rings. The summed E-state index contributed by atoms with van der Waals surface area (Å²) in [5.41, 5.74) is -0.0938. The van der Waals surface area contributed by atoms with E-state index < -0.39 is 0 Å². The van der Waals surface area contributed by atoms with E-state index in [1.165, 1.54) is 0 Å². The largest absolute Gasteiger partial charge is 0.491 e. The zero-order valence-electron chi connectivity index (χ0n) is 14.0. The number of amides is 2. The van der Waals surface area contributed by atoms with E-state index in [4.69, 9.17) is 9.47 Å². The number of piperidine rings is 1. The van der Waals surface area contributed by atoms with Gasteiger partial charge in [0, 0.05) is 39.0 Å². The van der Waals surface area contributed by atoms with Crippen molar-refractivity contribution in [2.24, 2.45) is 5.41 Å². The minimum Gasteiger partial charge on any atom is -0.491 e. The zero-order chi connectivity index (χ0) is 16.4. The molecule has 0 spiro atoms. The van der Waals surface area contributed by atoms with E-state index in [0.717, 1.165) is 64.2 Å². The van der Waals surface area contributed by atoms with Crippen molar-refractivity contribution in [1.29, 1.82) is 0 Å². The summed E-state index contributed by atoms with van der Waals surface area (Å²) < 4.78 is 12.0. The number of nitrogens with zero attached hydrogens (tertiary/aromatic N) is 3. The van der Waals surface area contributed by atoms with Crippen LogP contribution in [0.15, 0.2) is 24.5 Å². The highest BCUT2D eigenvalue weighted by Crippen LogP contribution is 2.41. The third-order valence-electron chi connectivity index (χ3n) is 5.58. The Morgan fingerprint density at radius 3 is 3.00 bits per heavy atom. The topological polar surface area (TPSA) is 54.9 Å². The Bertz CT molecular complexity index is 576. The van der Waals surface area contributed by atoms with Crippen molar-refractivity contribution in [3.63, 3.8) is 0 Å². The van der Waals surface area contributed by atoms with Crippen LogP contribution in [0.2, 0.25) is 0 Å². The molecule has 24 heavy (non-hydrogen) atoms. The molecule has 0 bridgehead atoms. The van der Waals surface area contributed by atoms with E-state index in [0.29, 0.717) is 6.61 Å². The van der Waals surface area contributed by atoms with Gasteiger partial charge in [-0.05, 0) is 37.8 Å². The first kappa shape index (κ1) is 15.7. The van der Waals surface area contributed by atoms with Crippen molar-refractivity contribution in [1.82, 2.24) is 14.8 Å². The third kappa shape index (κ3) is 2.95. The van der Waals surface area contributed by atoms with E-state index in [1.807, 2.05) is 21.9 Å². The molecule has 3 aliphatic heterocycles. The maximum atomic E-state index is 12.8. The normalized spacial score (nSPS) is 29.6. The molecule has 0 radical (unpaired) electrons. The number of carbonyl (C=O) groups is 1. The number of urea groups is 1. The van der Waals surface area contributed by atoms with Crippen molar-refractivity contribution in [3.05, 3.63) is 24.5 Å². The number of hydrogen-bond donors (Lipinski definition) is 0. The molecule has 0 aliphatic carbocycles. The van der Waals surface area contributed by atoms with E-state index in [2.05, 4.69) is 4.98 Å². The number of ether oxygens (including phenoxy) is 2. The Labute approximate surface area is 142 Å². The van der Waals surface area contributed by atoms with Crippen LogP contribution in [-0.4, -0.2) is 66.3 Å². The van der Waals surface area contributed by atoms with Gasteiger partial charge in [-0.1, -0.05) is 0 Å². The molecule has 6 heteroatoms. The second-order valence-corrected chi connectivity index (χ2v) is 7.14. The molecule has 1 aromatic rings. The molecule has 2 amide bonds. The lowest BCUT2D eigenvalue weighted by Gasteiger charge is -2.44. The lowest BCUT2D eigenvalue weighted by atomic mass is 9.77. The molecule has 2 atom stereocenters.